The van der Waals surface area contributed by atoms with Gasteiger partial charge in [-0.3, -0.25) is 9.59 Å². The lowest BCUT2D eigenvalue weighted by Crippen LogP contribution is -2.42. The van der Waals surface area contributed by atoms with Gasteiger partial charge >= 0.3 is 18.0 Å². The summed E-state index contributed by atoms with van der Waals surface area (Å²) in [4.78, 5) is 63.9. The molecule has 1 fully saturated rings. The number of ether oxygens (including phenoxy) is 2. The average molecular weight is 418 g/mol. The largest absolute Gasteiger partial charge is 0.459 e. The molecule has 160 valence electrons. The fraction of sp³-hybridized carbons (Fsp3) is 0.350. The van der Waals surface area contributed by atoms with E-state index in [9.17, 15) is 24.0 Å². The smallest absolute Gasteiger partial charge is 0.408 e. The fourth-order valence-electron chi connectivity index (χ4n) is 2.46. The summed E-state index contributed by atoms with van der Waals surface area (Å²) in [6.45, 7) is 3.32. The quantitative estimate of drug-likeness (QED) is 0.343. The zero-order valence-electron chi connectivity index (χ0n) is 16.2. The van der Waals surface area contributed by atoms with E-state index in [0.717, 1.165) is 5.56 Å². The van der Waals surface area contributed by atoms with Gasteiger partial charge in [-0.25, -0.2) is 14.4 Å². The second-order valence-corrected chi connectivity index (χ2v) is 6.26. The van der Waals surface area contributed by atoms with Crippen LogP contribution in [0.15, 0.2) is 43.0 Å². The number of rotatable bonds is 10. The number of nitrogens with one attached hydrogen (secondary N) is 1. The molecular weight excluding hydrogens is 396 g/mol. The minimum atomic E-state index is -1.21. The third-order valence-electron chi connectivity index (χ3n) is 3.97. The Hall–Kier alpha value is -3.69. The maximum absolute atomic E-state index is 12.4. The number of benzene rings is 1. The minimum absolute atomic E-state index is 0.0270. The Kier molecular flexibility index (Phi) is 8.55. The molecule has 0 saturated carbocycles. The average Bonchev–Trinajstić information content (AvgIpc) is 3.06. The van der Waals surface area contributed by atoms with Crippen molar-refractivity contribution >= 4 is 29.8 Å². The van der Waals surface area contributed by atoms with Gasteiger partial charge in [0, 0.05) is 12.8 Å². The molecule has 0 unspecified atom stereocenters. The first-order chi connectivity index (χ1) is 14.4. The van der Waals surface area contributed by atoms with E-state index in [1.807, 2.05) is 6.07 Å². The fourth-order valence-corrected chi connectivity index (χ4v) is 2.46. The van der Waals surface area contributed by atoms with E-state index in [1.54, 1.807) is 24.3 Å². The van der Waals surface area contributed by atoms with Crippen molar-refractivity contribution in [2.24, 2.45) is 0 Å². The van der Waals surface area contributed by atoms with Gasteiger partial charge in [0.05, 0.1) is 6.42 Å². The van der Waals surface area contributed by atoms with Crippen LogP contribution < -0.4 is 5.32 Å². The summed E-state index contributed by atoms with van der Waals surface area (Å²) in [5.41, 5.74) is 0.740. The van der Waals surface area contributed by atoms with E-state index in [-0.39, 0.29) is 38.9 Å². The number of amides is 3. The van der Waals surface area contributed by atoms with Crippen molar-refractivity contribution in [3.05, 3.63) is 48.6 Å². The molecule has 1 aromatic rings. The van der Waals surface area contributed by atoms with Crippen LogP contribution in [0, 0.1) is 0 Å². The van der Waals surface area contributed by atoms with Crippen molar-refractivity contribution in [2.45, 2.75) is 38.3 Å². The van der Waals surface area contributed by atoms with Crippen LogP contribution in [0.1, 0.15) is 31.2 Å². The molecule has 10 heteroatoms. The molecule has 1 aliphatic rings. The van der Waals surface area contributed by atoms with Crippen LogP contribution in [0.3, 0.4) is 0 Å². The molecule has 1 aromatic carbocycles. The molecule has 0 radical (unpaired) electrons. The molecule has 10 nitrogen and oxygen atoms in total. The van der Waals surface area contributed by atoms with Crippen molar-refractivity contribution in [2.75, 3.05) is 6.61 Å². The van der Waals surface area contributed by atoms with E-state index in [2.05, 4.69) is 11.9 Å². The summed E-state index contributed by atoms with van der Waals surface area (Å²) in [5.74, 6) is -2.91. The molecule has 0 spiro atoms. The number of hydroxylamine groups is 2. The molecule has 1 saturated heterocycles. The van der Waals surface area contributed by atoms with Gasteiger partial charge in [-0.15, -0.1) is 5.06 Å². The van der Waals surface area contributed by atoms with Crippen molar-refractivity contribution in [3.63, 3.8) is 0 Å². The molecular formula is C20H22N2O8. The Morgan fingerprint density at radius 3 is 2.40 bits per heavy atom. The normalized spacial score (nSPS) is 14.1. The van der Waals surface area contributed by atoms with Gasteiger partial charge in [0.25, 0.3) is 11.8 Å². The SMILES string of the molecule is C=CCOC(=O)N[C@H](CCC(=O)ON1C(=O)CCC1=O)C(=O)OCc1ccccc1. The lowest BCUT2D eigenvalue weighted by Gasteiger charge is -2.18. The van der Waals surface area contributed by atoms with Gasteiger partial charge in [-0.05, 0) is 12.0 Å². The first-order valence-electron chi connectivity index (χ1n) is 9.22. The number of nitrogens with zero attached hydrogens (tertiary/aromatic N) is 1. The molecule has 0 bridgehead atoms. The molecule has 1 N–H and O–H groups in total. The maximum Gasteiger partial charge on any atom is 0.408 e. The monoisotopic (exact) mass is 418 g/mol. The van der Waals surface area contributed by atoms with Gasteiger partial charge in [0.1, 0.15) is 19.3 Å². The summed E-state index contributed by atoms with van der Waals surface area (Å²) in [6.07, 6.45) is -0.150. The Bertz CT molecular complexity index is 792. The van der Waals surface area contributed by atoms with Gasteiger partial charge in [-0.1, -0.05) is 43.0 Å². The minimum Gasteiger partial charge on any atom is -0.459 e. The maximum atomic E-state index is 12.4. The van der Waals surface area contributed by atoms with Crippen LogP contribution in [-0.4, -0.2) is 47.6 Å². The highest BCUT2D eigenvalue weighted by Crippen LogP contribution is 2.14. The molecule has 1 atom stereocenters. The molecule has 0 aliphatic carbocycles. The topological polar surface area (TPSA) is 128 Å². The van der Waals surface area contributed by atoms with Crippen molar-refractivity contribution in [3.8, 4) is 0 Å². The zero-order chi connectivity index (χ0) is 21.9. The molecule has 3 amide bonds. The predicted molar refractivity (Wildman–Crippen MR) is 101 cm³/mol. The van der Waals surface area contributed by atoms with Crippen molar-refractivity contribution in [1.82, 2.24) is 10.4 Å². The Labute approximate surface area is 172 Å². The first-order valence-corrected chi connectivity index (χ1v) is 9.22. The number of carbonyl (C=O) groups excluding carboxylic acids is 5. The standard InChI is InChI=1S/C20H22N2O8/c1-2-12-28-20(27)21-15(19(26)29-13-14-6-4-3-5-7-14)8-11-18(25)30-22-16(23)9-10-17(22)24/h2-7,15H,1,8-13H2,(H,21,27)/t15-/m1/s1. The van der Waals surface area contributed by atoms with Gasteiger partial charge in [-0.2, -0.15) is 0 Å². The molecule has 1 heterocycles. The van der Waals surface area contributed by atoms with E-state index >= 15 is 0 Å². The second kappa shape index (κ2) is 11.3. The van der Waals surface area contributed by atoms with E-state index in [0.29, 0.717) is 5.06 Å². The van der Waals surface area contributed by atoms with Crippen LogP contribution in [0.4, 0.5) is 4.79 Å². The number of alkyl carbamates (subject to hydrolysis) is 1. The van der Waals surface area contributed by atoms with E-state index < -0.39 is 35.9 Å². The summed E-state index contributed by atoms with van der Waals surface area (Å²) in [6, 6.07) is 7.69. The zero-order valence-corrected chi connectivity index (χ0v) is 16.2. The summed E-state index contributed by atoms with van der Waals surface area (Å²) < 4.78 is 9.98. The highest BCUT2D eigenvalue weighted by atomic mass is 16.7. The van der Waals surface area contributed by atoms with Crippen molar-refractivity contribution < 1.29 is 38.3 Å². The first kappa shape index (κ1) is 22.6. The third kappa shape index (κ3) is 7.04. The van der Waals surface area contributed by atoms with Gasteiger partial charge in [0.2, 0.25) is 0 Å². The number of hydrogen-bond acceptors (Lipinski definition) is 8. The molecule has 0 aromatic heterocycles. The van der Waals surface area contributed by atoms with E-state index in [1.165, 1.54) is 6.08 Å². The lowest BCUT2D eigenvalue weighted by atomic mass is 10.1. The van der Waals surface area contributed by atoms with Crippen molar-refractivity contribution in [1.29, 1.82) is 0 Å². The van der Waals surface area contributed by atoms with Crippen LogP contribution in [0.25, 0.3) is 0 Å². The number of esters is 1. The van der Waals surface area contributed by atoms with Crippen LogP contribution >= 0.6 is 0 Å². The molecule has 2 rings (SSSR count). The highest BCUT2D eigenvalue weighted by molar-refractivity contribution is 6.01. The van der Waals surface area contributed by atoms with Crippen LogP contribution in [-0.2, 0) is 40.1 Å². The second-order valence-electron chi connectivity index (χ2n) is 6.26. The molecule has 1 aliphatic heterocycles. The Morgan fingerprint density at radius 1 is 1.10 bits per heavy atom. The Morgan fingerprint density at radius 2 is 1.77 bits per heavy atom. The molecule has 30 heavy (non-hydrogen) atoms. The van der Waals surface area contributed by atoms with Gasteiger partial charge in [0.15, 0.2) is 0 Å². The number of carbonyl (C=O) groups is 5. The highest BCUT2D eigenvalue weighted by Gasteiger charge is 2.33. The number of hydrogen-bond donors (Lipinski definition) is 1. The third-order valence-corrected chi connectivity index (χ3v) is 3.97. The number of imide groups is 1. The van der Waals surface area contributed by atoms with Crippen LogP contribution in [0.5, 0.6) is 0 Å². The van der Waals surface area contributed by atoms with E-state index in [4.69, 9.17) is 14.3 Å². The Balaban J connectivity index is 1.92. The predicted octanol–water partition coefficient (Wildman–Crippen LogP) is 1.40. The van der Waals surface area contributed by atoms with Gasteiger partial charge < -0.3 is 19.6 Å². The lowest BCUT2D eigenvalue weighted by molar-refractivity contribution is -0.197. The summed E-state index contributed by atoms with van der Waals surface area (Å²) >= 11 is 0. The summed E-state index contributed by atoms with van der Waals surface area (Å²) in [7, 11) is 0. The summed E-state index contributed by atoms with van der Waals surface area (Å²) in [5, 5.41) is 2.73. The van der Waals surface area contributed by atoms with Crippen LogP contribution in [0.2, 0.25) is 0 Å².